The first-order valence-corrected chi connectivity index (χ1v) is 7.32. The molecule has 3 aromatic carbocycles. The van der Waals surface area contributed by atoms with E-state index in [0.29, 0.717) is 5.56 Å². The highest BCUT2D eigenvalue weighted by Crippen LogP contribution is 2.30. The molecule has 0 spiro atoms. The van der Waals surface area contributed by atoms with E-state index < -0.39 is 0 Å². The molecule has 0 bridgehead atoms. The molecule has 1 aromatic heterocycles. The predicted octanol–water partition coefficient (Wildman–Crippen LogP) is 4.71. The Balaban J connectivity index is 2.03. The van der Waals surface area contributed by atoms with Gasteiger partial charge in [-0.15, -0.1) is 0 Å². The highest BCUT2D eigenvalue weighted by atomic mass is 15.0. The summed E-state index contributed by atoms with van der Waals surface area (Å²) in [5, 5.41) is 11.6. The molecule has 0 aliphatic carbocycles. The van der Waals surface area contributed by atoms with Crippen molar-refractivity contribution in [3.8, 4) is 6.07 Å². The van der Waals surface area contributed by atoms with Gasteiger partial charge in [0.05, 0.1) is 17.1 Å². The fourth-order valence-corrected chi connectivity index (χ4v) is 3.06. The molecular weight excluding hydrogens is 268 g/mol. The third kappa shape index (κ3) is 1.96. The lowest BCUT2D eigenvalue weighted by Gasteiger charge is -2.07. The van der Waals surface area contributed by atoms with Gasteiger partial charge >= 0.3 is 0 Å². The smallest absolute Gasteiger partial charge is 0.0992 e. The SMILES string of the molecule is N#Cc1ccc2c3ccccc3n(Cc3ccccc3)c2c1. The minimum absolute atomic E-state index is 0.699. The molecule has 22 heavy (non-hydrogen) atoms. The highest BCUT2D eigenvalue weighted by Gasteiger charge is 2.11. The molecule has 2 heteroatoms. The van der Waals surface area contributed by atoms with Gasteiger partial charge < -0.3 is 4.57 Å². The Bertz CT molecular complexity index is 1000. The third-order valence-electron chi connectivity index (χ3n) is 4.09. The Kier molecular flexibility index (Phi) is 2.91. The molecule has 0 atom stereocenters. The summed E-state index contributed by atoms with van der Waals surface area (Å²) in [6.45, 7) is 0.805. The molecule has 0 saturated carbocycles. The highest BCUT2D eigenvalue weighted by molar-refractivity contribution is 6.08. The van der Waals surface area contributed by atoms with Gasteiger partial charge in [0.1, 0.15) is 0 Å². The van der Waals surface area contributed by atoms with E-state index in [1.165, 1.54) is 21.9 Å². The van der Waals surface area contributed by atoms with Crippen LogP contribution < -0.4 is 0 Å². The quantitative estimate of drug-likeness (QED) is 0.523. The molecule has 0 saturated heterocycles. The second-order valence-electron chi connectivity index (χ2n) is 5.43. The lowest BCUT2D eigenvalue weighted by Crippen LogP contribution is -1.99. The van der Waals surface area contributed by atoms with Crippen molar-refractivity contribution in [2.45, 2.75) is 6.54 Å². The molecule has 0 radical (unpaired) electrons. The van der Waals surface area contributed by atoms with Crippen LogP contribution in [0.2, 0.25) is 0 Å². The number of hydrogen-bond donors (Lipinski definition) is 0. The van der Waals surface area contributed by atoms with E-state index in [2.05, 4.69) is 65.2 Å². The Morgan fingerprint density at radius 3 is 2.32 bits per heavy atom. The van der Waals surface area contributed by atoms with E-state index in [0.717, 1.165) is 12.1 Å². The number of nitriles is 1. The second-order valence-corrected chi connectivity index (χ2v) is 5.43. The summed E-state index contributed by atoms with van der Waals surface area (Å²) in [5.41, 5.74) is 4.28. The lowest BCUT2D eigenvalue weighted by atomic mass is 10.1. The van der Waals surface area contributed by atoms with Gasteiger partial charge in [0, 0.05) is 22.8 Å². The standard InChI is InChI=1S/C20H14N2/c21-13-16-10-11-18-17-8-4-5-9-19(17)22(20(18)12-16)14-15-6-2-1-3-7-15/h1-12H,14H2. The van der Waals surface area contributed by atoms with Crippen molar-refractivity contribution < 1.29 is 0 Å². The summed E-state index contributed by atoms with van der Waals surface area (Å²) < 4.78 is 2.29. The van der Waals surface area contributed by atoms with Gasteiger partial charge in [0.15, 0.2) is 0 Å². The molecular formula is C20H14N2. The van der Waals surface area contributed by atoms with Gasteiger partial charge in [-0.05, 0) is 23.8 Å². The van der Waals surface area contributed by atoms with E-state index in [1.807, 2.05) is 18.2 Å². The van der Waals surface area contributed by atoms with E-state index in [1.54, 1.807) is 0 Å². The molecule has 2 nitrogen and oxygen atoms in total. The largest absolute Gasteiger partial charge is 0.336 e. The minimum atomic E-state index is 0.699. The summed E-state index contributed by atoms with van der Waals surface area (Å²) in [5.74, 6) is 0. The first-order chi connectivity index (χ1) is 10.9. The summed E-state index contributed by atoms with van der Waals surface area (Å²) >= 11 is 0. The molecule has 1 heterocycles. The van der Waals surface area contributed by atoms with Gasteiger partial charge in [-0.1, -0.05) is 54.6 Å². The van der Waals surface area contributed by atoms with Crippen molar-refractivity contribution in [2.75, 3.05) is 0 Å². The van der Waals surface area contributed by atoms with Crippen molar-refractivity contribution in [1.82, 2.24) is 4.57 Å². The van der Waals surface area contributed by atoms with E-state index >= 15 is 0 Å². The van der Waals surface area contributed by atoms with Gasteiger partial charge in [-0.3, -0.25) is 0 Å². The van der Waals surface area contributed by atoms with E-state index in [-0.39, 0.29) is 0 Å². The maximum absolute atomic E-state index is 9.19. The summed E-state index contributed by atoms with van der Waals surface area (Å²) in [7, 11) is 0. The Labute approximate surface area is 128 Å². The number of benzene rings is 3. The average molecular weight is 282 g/mol. The lowest BCUT2D eigenvalue weighted by molar-refractivity contribution is 0.869. The fraction of sp³-hybridized carbons (Fsp3) is 0.0500. The number of rotatable bonds is 2. The van der Waals surface area contributed by atoms with Crippen molar-refractivity contribution >= 4 is 21.8 Å². The van der Waals surface area contributed by atoms with Gasteiger partial charge in [0.2, 0.25) is 0 Å². The average Bonchev–Trinajstić information content (AvgIpc) is 2.89. The summed E-state index contributed by atoms with van der Waals surface area (Å²) in [4.78, 5) is 0. The predicted molar refractivity (Wildman–Crippen MR) is 89.7 cm³/mol. The zero-order valence-electron chi connectivity index (χ0n) is 12.0. The molecule has 0 unspecified atom stereocenters. The third-order valence-corrected chi connectivity index (χ3v) is 4.09. The molecule has 0 amide bonds. The Hall–Kier alpha value is -3.05. The fourth-order valence-electron chi connectivity index (χ4n) is 3.06. The van der Waals surface area contributed by atoms with Crippen LogP contribution in [0.15, 0.2) is 72.8 Å². The molecule has 0 aliphatic rings. The summed E-state index contributed by atoms with van der Waals surface area (Å²) in [6, 6.07) is 27.0. The number of hydrogen-bond acceptors (Lipinski definition) is 1. The van der Waals surface area contributed by atoms with Crippen LogP contribution in [0.3, 0.4) is 0 Å². The van der Waals surface area contributed by atoms with Crippen molar-refractivity contribution in [2.24, 2.45) is 0 Å². The molecule has 4 rings (SSSR count). The molecule has 4 aromatic rings. The van der Waals surface area contributed by atoms with Crippen LogP contribution >= 0.6 is 0 Å². The van der Waals surface area contributed by atoms with E-state index in [4.69, 9.17) is 0 Å². The zero-order valence-corrected chi connectivity index (χ0v) is 12.0. The molecule has 104 valence electrons. The topological polar surface area (TPSA) is 28.7 Å². The van der Waals surface area contributed by atoms with Gasteiger partial charge in [-0.25, -0.2) is 0 Å². The number of aromatic nitrogens is 1. The first-order valence-electron chi connectivity index (χ1n) is 7.32. The van der Waals surface area contributed by atoms with Crippen LogP contribution in [0, 0.1) is 11.3 Å². The number of nitrogens with zero attached hydrogens (tertiary/aromatic N) is 2. The van der Waals surface area contributed by atoms with Crippen LogP contribution in [0.25, 0.3) is 21.8 Å². The van der Waals surface area contributed by atoms with Crippen LogP contribution in [-0.4, -0.2) is 4.57 Å². The molecule has 0 aliphatic heterocycles. The van der Waals surface area contributed by atoms with Crippen molar-refractivity contribution in [1.29, 1.82) is 5.26 Å². The van der Waals surface area contributed by atoms with Crippen LogP contribution in [0.5, 0.6) is 0 Å². The second kappa shape index (κ2) is 5.05. The minimum Gasteiger partial charge on any atom is -0.336 e. The van der Waals surface area contributed by atoms with Crippen molar-refractivity contribution in [3.05, 3.63) is 83.9 Å². The Morgan fingerprint density at radius 2 is 1.50 bits per heavy atom. The monoisotopic (exact) mass is 282 g/mol. The van der Waals surface area contributed by atoms with Crippen LogP contribution in [0.1, 0.15) is 11.1 Å². The first kappa shape index (κ1) is 12.7. The number of fused-ring (bicyclic) bond motifs is 3. The molecule has 0 fully saturated rings. The summed E-state index contributed by atoms with van der Waals surface area (Å²) in [6.07, 6.45) is 0. The van der Waals surface area contributed by atoms with Crippen LogP contribution in [-0.2, 0) is 6.54 Å². The van der Waals surface area contributed by atoms with Crippen molar-refractivity contribution in [3.63, 3.8) is 0 Å². The maximum Gasteiger partial charge on any atom is 0.0992 e. The zero-order chi connectivity index (χ0) is 14.9. The van der Waals surface area contributed by atoms with Gasteiger partial charge in [-0.2, -0.15) is 5.26 Å². The van der Waals surface area contributed by atoms with E-state index in [9.17, 15) is 5.26 Å². The number of para-hydroxylation sites is 1. The molecule has 0 N–H and O–H groups in total. The Morgan fingerprint density at radius 1 is 0.773 bits per heavy atom. The van der Waals surface area contributed by atoms with Gasteiger partial charge in [0.25, 0.3) is 0 Å². The maximum atomic E-state index is 9.19. The normalized spacial score (nSPS) is 10.9. The van der Waals surface area contributed by atoms with Crippen LogP contribution in [0.4, 0.5) is 0 Å².